The van der Waals surface area contributed by atoms with Crippen LogP contribution in [0.25, 0.3) is 16.9 Å². The Hall–Kier alpha value is -4.34. The summed E-state index contributed by atoms with van der Waals surface area (Å²) in [6, 6.07) is 9.19. The fourth-order valence-corrected chi connectivity index (χ4v) is 5.53. The number of carbonyl (C=O) groups excluding carboxylic acids is 2. The maximum atomic E-state index is 15.0. The predicted octanol–water partition coefficient (Wildman–Crippen LogP) is 3.55. The van der Waals surface area contributed by atoms with Crippen LogP contribution in [0.5, 0.6) is 0 Å². The number of amides is 2. The number of β-amino-alcohol motifs (C(OH)–C–C–N with tert-alkyl or cyclic N) is 2. The fourth-order valence-electron chi connectivity index (χ4n) is 5.53. The first-order chi connectivity index (χ1) is 19.1. The zero-order valence-corrected chi connectivity index (χ0v) is 23.5. The van der Waals surface area contributed by atoms with Gasteiger partial charge in [-0.15, -0.1) is 0 Å². The molecule has 2 N–H and O–H groups in total. The molecule has 3 aromatic rings. The van der Waals surface area contributed by atoms with E-state index in [4.69, 9.17) is 4.74 Å². The topological polar surface area (TPSA) is 145 Å². The Labute approximate surface area is 236 Å². The van der Waals surface area contributed by atoms with Gasteiger partial charge in [-0.2, -0.15) is 10.4 Å². The number of nitriles is 1. The number of aliphatic hydroxyl groups is 2. The summed E-state index contributed by atoms with van der Waals surface area (Å²) < 4.78 is 21.9. The van der Waals surface area contributed by atoms with Gasteiger partial charge in [-0.1, -0.05) is 6.07 Å². The van der Waals surface area contributed by atoms with Gasteiger partial charge < -0.3 is 19.8 Å². The van der Waals surface area contributed by atoms with Crippen molar-refractivity contribution in [3.8, 4) is 23.0 Å². The summed E-state index contributed by atoms with van der Waals surface area (Å²) in [7, 11) is 0. The summed E-state index contributed by atoms with van der Waals surface area (Å²) >= 11 is 0. The van der Waals surface area contributed by atoms with Crippen LogP contribution in [0.2, 0.25) is 0 Å². The van der Waals surface area contributed by atoms with Gasteiger partial charge in [-0.3, -0.25) is 4.79 Å². The van der Waals surface area contributed by atoms with Crippen molar-refractivity contribution in [3.05, 3.63) is 59.2 Å². The number of pyridine rings is 1. The van der Waals surface area contributed by atoms with Crippen molar-refractivity contribution in [1.29, 1.82) is 5.26 Å². The summed E-state index contributed by atoms with van der Waals surface area (Å²) in [6.07, 6.45) is 0.926. The molecule has 2 amide bonds. The molecule has 2 aromatic heterocycles. The molecule has 4 heterocycles. The van der Waals surface area contributed by atoms with Crippen molar-refractivity contribution in [3.63, 3.8) is 0 Å². The van der Waals surface area contributed by atoms with Crippen LogP contribution < -0.4 is 4.90 Å². The first-order valence-corrected chi connectivity index (χ1v) is 13.1. The third-order valence-electron chi connectivity index (χ3n) is 6.82. The van der Waals surface area contributed by atoms with Crippen molar-refractivity contribution in [2.45, 2.75) is 64.4 Å². The second kappa shape index (κ2) is 9.64. The molecule has 2 aliphatic rings. The summed E-state index contributed by atoms with van der Waals surface area (Å²) in [5.74, 6) is -0.900. The molecule has 214 valence electrons. The molecule has 1 fully saturated rings. The van der Waals surface area contributed by atoms with Gasteiger partial charge in [-0.05, 0) is 52.8 Å². The van der Waals surface area contributed by atoms with E-state index in [9.17, 15) is 25.1 Å². The number of benzene rings is 1. The number of hydrogen-bond donors (Lipinski definition) is 2. The monoisotopic (exact) mass is 562 g/mol. The van der Waals surface area contributed by atoms with Crippen LogP contribution in [-0.4, -0.2) is 71.8 Å². The number of fused-ring (bicyclic) bond motifs is 1. The predicted molar refractivity (Wildman–Crippen MR) is 146 cm³/mol. The molecule has 12 heteroatoms. The van der Waals surface area contributed by atoms with E-state index in [1.807, 2.05) is 6.07 Å². The molecule has 0 aliphatic carbocycles. The lowest BCUT2D eigenvalue weighted by Gasteiger charge is -2.44. The molecule has 0 saturated carbocycles. The number of ether oxygens (including phenoxy) is 1. The number of halogens is 1. The highest BCUT2D eigenvalue weighted by molar-refractivity contribution is 6.08. The van der Waals surface area contributed by atoms with Crippen molar-refractivity contribution in [2.75, 3.05) is 18.0 Å². The maximum absolute atomic E-state index is 15.0. The van der Waals surface area contributed by atoms with Crippen LogP contribution in [0.1, 0.15) is 62.7 Å². The minimum atomic E-state index is -1.17. The maximum Gasteiger partial charge on any atom is 0.417 e. The van der Waals surface area contributed by atoms with Crippen LogP contribution in [0.3, 0.4) is 0 Å². The largest absolute Gasteiger partial charge is 0.443 e. The normalized spacial score (nSPS) is 22.5. The minimum Gasteiger partial charge on any atom is -0.443 e. The molecule has 11 nitrogen and oxygen atoms in total. The van der Waals surface area contributed by atoms with Crippen molar-refractivity contribution in [2.24, 2.45) is 0 Å². The van der Waals surface area contributed by atoms with Gasteiger partial charge in [0.05, 0.1) is 57.6 Å². The molecular formula is C29H31FN6O5. The fraction of sp³-hybridized carbons (Fsp3) is 0.414. The van der Waals surface area contributed by atoms with Gasteiger partial charge in [0, 0.05) is 31.8 Å². The Bertz CT molecular complexity index is 1580. The zero-order valence-electron chi connectivity index (χ0n) is 23.5. The second-order valence-corrected chi connectivity index (χ2v) is 12.1. The summed E-state index contributed by atoms with van der Waals surface area (Å²) in [6.45, 7) is 8.54. The van der Waals surface area contributed by atoms with E-state index in [1.54, 1.807) is 51.8 Å². The van der Waals surface area contributed by atoms with E-state index in [0.717, 1.165) is 4.90 Å². The first-order valence-electron chi connectivity index (χ1n) is 13.1. The average molecular weight is 563 g/mol. The van der Waals surface area contributed by atoms with Gasteiger partial charge in [-0.25, -0.2) is 23.8 Å². The molecule has 41 heavy (non-hydrogen) atoms. The number of nitrogens with zero attached hydrogens (tertiary/aromatic N) is 6. The molecular weight excluding hydrogens is 531 g/mol. The van der Waals surface area contributed by atoms with E-state index >= 15 is 4.39 Å². The average Bonchev–Trinajstić information content (AvgIpc) is 3.46. The number of carbonyl (C=O) groups is 2. The number of aromatic nitrogens is 3. The molecule has 0 bridgehead atoms. The molecule has 1 saturated heterocycles. The van der Waals surface area contributed by atoms with Gasteiger partial charge in [0.15, 0.2) is 5.82 Å². The molecule has 5 rings (SSSR count). The summed E-state index contributed by atoms with van der Waals surface area (Å²) in [5, 5.41) is 35.7. The van der Waals surface area contributed by atoms with E-state index in [2.05, 4.69) is 10.1 Å². The Morgan fingerprint density at radius 1 is 1.15 bits per heavy atom. The van der Waals surface area contributed by atoms with Crippen molar-refractivity contribution < 1.29 is 28.9 Å². The summed E-state index contributed by atoms with van der Waals surface area (Å²) in [4.78, 5) is 33.7. The highest BCUT2D eigenvalue weighted by Gasteiger charge is 2.42. The lowest BCUT2D eigenvalue weighted by Crippen LogP contribution is -2.57. The standard InChI is InChI=1S/C29H31FN6O5/c1-27(2,3)41-26(38)35-13-20-24(25(35)37)21(11-19(32-20)23-17(12-31)7-6-8-18(23)30)36-10-9-22(33-36)34-15-28(4,39)14-29(5,40)16-34/h6-11,39-40H,13-16H2,1-5H3/t28-,29-/m0/s1. The second-order valence-electron chi connectivity index (χ2n) is 12.1. The summed E-state index contributed by atoms with van der Waals surface area (Å²) in [5.41, 5.74) is -2.59. The lowest BCUT2D eigenvalue weighted by molar-refractivity contribution is -0.0581. The van der Waals surface area contributed by atoms with Crippen LogP contribution in [0.4, 0.5) is 15.0 Å². The number of anilines is 1. The molecule has 0 unspecified atom stereocenters. The SMILES string of the molecule is CC(C)(C)OC(=O)N1Cc2nc(-c3c(F)cccc3C#N)cc(-n3ccc(N4C[C@@](C)(O)C[C@](C)(O)C4)n3)c2C1=O. The van der Waals surface area contributed by atoms with Crippen LogP contribution in [-0.2, 0) is 11.3 Å². The molecule has 2 atom stereocenters. The Morgan fingerprint density at radius 2 is 1.83 bits per heavy atom. The van der Waals surface area contributed by atoms with Gasteiger partial charge in [0.2, 0.25) is 0 Å². The highest BCUT2D eigenvalue weighted by Crippen LogP contribution is 2.35. The van der Waals surface area contributed by atoms with Gasteiger partial charge in [0.25, 0.3) is 5.91 Å². The quantitative estimate of drug-likeness (QED) is 0.490. The minimum absolute atomic E-state index is 0.0438. The van der Waals surface area contributed by atoms with E-state index < -0.39 is 34.6 Å². The van der Waals surface area contributed by atoms with Crippen LogP contribution in [0.15, 0.2) is 36.5 Å². The van der Waals surface area contributed by atoms with E-state index in [-0.39, 0.29) is 59.8 Å². The third kappa shape index (κ3) is 5.51. The zero-order chi connectivity index (χ0) is 29.9. The molecule has 0 radical (unpaired) electrons. The van der Waals surface area contributed by atoms with Gasteiger partial charge >= 0.3 is 6.09 Å². The number of rotatable bonds is 3. The Balaban J connectivity index is 1.63. The van der Waals surface area contributed by atoms with E-state index in [1.165, 1.54) is 28.9 Å². The van der Waals surface area contributed by atoms with Crippen LogP contribution in [0, 0.1) is 17.1 Å². The Kier molecular flexibility index (Phi) is 6.63. The molecule has 1 aromatic carbocycles. The third-order valence-corrected chi connectivity index (χ3v) is 6.82. The smallest absolute Gasteiger partial charge is 0.417 e. The highest BCUT2D eigenvalue weighted by atomic mass is 19.1. The first kappa shape index (κ1) is 28.2. The number of piperidine rings is 1. The van der Waals surface area contributed by atoms with E-state index in [0.29, 0.717) is 5.82 Å². The Morgan fingerprint density at radius 3 is 2.46 bits per heavy atom. The number of imide groups is 1. The molecule has 0 spiro atoms. The van der Waals surface area contributed by atoms with Gasteiger partial charge in [0.1, 0.15) is 11.4 Å². The number of hydrogen-bond acceptors (Lipinski definition) is 9. The molecule has 2 aliphatic heterocycles. The van der Waals surface area contributed by atoms with Crippen molar-refractivity contribution in [1.82, 2.24) is 19.7 Å². The van der Waals surface area contributed by atoms with Crippen molar-refractivity contribution >= 4 is 17.8 Å². The lowest BCUT2D eigenvalue weighted by atomic mass is 9.84. The van der Waals surface area contributed by atoms with Crippen LogP contribution >= 0.6 is 0 Å².